The number of rotatable bonds is 5. The number of ether oxygens (including phenoxy) is 1. The minimum atomic E-state index is -0.199. The van der Waals surface area contributed by atoms with E-state index in [9.17, 15) is 4.79 Å². The van der Waals surface area contributed by atoms with E-state index in [1.54, 1.807) is 7.11 Å². The molecule has 17 heavy (non-hydrogen) atoms. The van der Waals surface area contributed by atoms with Gasteiger partial charge in [-0.25, -0.2) is 4.79 Å². The number of urea groups is 1. The molecule has 0 bridgehead atoms. The van der Waals surface area contributed by atoms with Gasteiger partial charge < -0.3 is 15.4 Å². The lowest BCUT2D eigenvalue weighted by atomic mass is 10.2. The van der Waals surface area contributed by atoms with Gasteiger partial charge in [0.05, 0.1) is 12.8 Å². The molecule has 0 saturated carbocycles. The lowest BCUT2D eigenvalue weighted by Gasteiger charge is -2.15. The van der Waals surface area contributed by atoms with Gasteiger partial charge in [-0.2, -0.15) is 0 Å². The van der Waals surface area contributed by atoms with E-state index in [1.165, 1.54) is 0 Å². The van der Waals surface area contributed by atoms with E-state index in [0.29, 0.717) is 11.4 Å². The number of hydrogen-bond donors (Lipinski definition) is 2. The van der Waals surface area contributed by atoms with Crippen LogP contribution in [-0.4, -0.2) is 19.2 Å². The third-order valence-electron chi connectivity index (χ3n) is 2.45. The second-order valence-corrected chi connectivity index (χ2v) is 3.99. The summed E-state index contributed by atoms with van der Waals surface area (Å²) in [5.41, 5.74) is 0.677. The summed E-state index contributed by atoms with van der Waals surface area (Å²) in [7, 11) is 1.58. The first-order valence-corrected chi connectivity index (χ1v) is 5.88. The molecule has 0 spiro atoms. The normalized spacial score (nSPS) is 11.7. The highest BCUT2D eigenvalue weighted by molar-refractivity contribution is 5.91. The monoisotopic (exact) mass is 236 g/mol. The third-order valence-corrected chi connectivity index (χ3v) is 2.45. The second-order valence-electron chi connectivity index (χ2n) is 3.99. The van der Waals surface area contributed by atoms with Crippen molar-refractivity contribution in [2.24, 2.45) is 0 Å². The van der Waals surface area contributed by atoms with Crippen LogP contribution < -0.4 is 15.4 Å². The number of carbonyl (C=O) groups excluding carboxylic acids is 1. The van der Waals surface area contributed by atoms with Gasteiger partial charge in [0, 0.05) is 6.04 Å². The first-order valence-electron chi connectivity index (χ1n) is 5.88. The quantitative estimate of drug-likeness (QED) is 0.825. The molecule has 2 N–H and O–H groups in total. The molecule has 0 saturated heterocycles. The number of hydrogen-bond acceptors (Lipinski definition) is 2. The number of amides is 2. The Bertz CT molecular complexity index is 366. The maximum atomic E-state index is 11.7. The standard InChI is InChI=1S/C13H20N2O2/c1-4-7-10(2)14-13(16)15-11-8-5-6-9-12(11)17-3/h5-6,8-10H,4,7H2,1-3H3,(H2,14,15,16)/t10-/m0/s1. The van der Waals surface area contributed by atoms with Crippen molar-refractivity contribution in [3.05, 3.63) is 24.3 Å². The van der Waals surface area contributed by atoms with Crippen LogP contribution in [0.2, 0.25) is 0 Å². The maximum absolute atomic E-state index is 11.7. The Morgan fingerprint density at radius 3 is 2.76 bits per heavy atom. The predicted octanol–water partition coefficient (Wildman–Crippen LogP) is 3.01. The van der Waals surface area contributed by atoms with Crippen LogP contribution in [0.3, 0.4) is 0 Å². The molecule has 0 heterocycles. The van der Waals surface area contributed by atoms with Gasteiger partial charge >= 0.3 is 6.03 Å². The molecule has 1 aromatic rings. The first kappa shape index (κ1) is 13.4. The molecule has 0 aliphatic carbocycles. The molecular formula is C13H20N2O2. The van der Waals surface area contributed by atoms with Gasteiger partial charge in [-0.05, 0) is 25.5 Å². The van der Waals surface area contributed by atoms with Crippen molar-refractivity contribution >= 4 is 11.7 Å². The lowest BCUT2D eigenvalue weighted by molar-refractivity contribution is 0.248. The Labute approximate surface area is 102 Å². The van der Waals surface area contributed by atoms with Crippen molar-refractivity contribution in [2.45, 2.75) is 32.7 Å². The summed E-state index contributed by atoms with van der Waals surface area (Å²) >= 11 is 0. The smallest absolute Gasteiger partial charge is 0.319 e. The van der Waals surface area contributed by atoms with Gasteiger partial charge in [-0.1, -0.05) is 25.5 Å². The van der Waals surface area contributed by atoms with Crippen molar-refractivity contribution in [1.29, 1.82) is 0 Å². The average molecular weight is 236 g/mol. The van der Waals surface area contributed by atoms with Gasteiger partial charge in [-0.15, -0.1) is 0 Å². The Morgan fingerprint density at radius 1 is 1.41 bits per heavy atom. The van der Waals surface area contributed by atoms with Gasteiger partial charge in [0.15, 0.2) is 0 Å². The highest BCUT2D eigenvalue weighted by atomic mass is 16.5. The summed E-state index contributed by atoms with van der Waals surface area (Å²) in [6.45, 7) is 4.08. The van der Waals surface area contributed by atoms with Gasteiger partial charge in [0.25, 0.3) is 0 Å². The minimum absolute atomic E-state index is 0.176. The largest absolute Gasteiger partial charge is 0.495 e. The fourth-order valence-electron chi connectivity index (χ4n) is 1.64. The number of para-hydroxylation sites is 2. The molecule has 1 atom stereocenters. The van der Waals surface area contributed by atoms with Crippen LogP contribution in [-0.2, 0) is 0 Å². The third kappa shape index (κ3) is 4.34. The maximum Gasteiger partial charge on any atom is 0.319 e. The van der Waals surface area contributed by atoms with E-state index in [2.05, 4.69) is 17.6 Å². The molecule has 0 aromatic heterocycles. The zero-order valence-electron chi connectivity index (χ0n) is 10.6. The summed E-state index contributed by atoms with van der Waals surface area (Å²) in [5, 5.41) is 5.65. The number of nitrogens with one attached hydrogen (secondary N) is 2. The Kier molecular flexibility index (Phi) is 5.33. The molecule has 4 heteroatoms. The Morgan fingerprint density at radius 2 is 2.12 bits per heavy atom. The van der Waals surface area contributed by atoms with Gasteiger partial charge in [-0.3, -0.25) is 0 Å². The Hall–Kier alpha value is -1.71. The average Bonchev–Trinajstić information content (AvgIpc) is 2.29. The van der Waals surface area contributed by atoms with Crippen molar-refractivity contribution in [3.63, 3.8) is 0 Å². The zero-order valence-corrected chi connectivity index (χ0v) is 10.6. The van der Waals surface area contributed by atoms with Crippen LogP contribution in [0.5, 0.6) is 5.75 Å². The fraction of sp³-hybridized carbons (Fsp3) is 0.462. The number of benzene rings is 1. The van der Waals surface area contributed by atoms with E-state index in [4.69, 9.17) is 4.74 Å². The molecular weight excluding hydrogens is 216 g/mol. The molecule has 0 unspecified atom stereocenters. The van der Waals surface area contributed by atoms with Crippen LogP contribution in [0.4, 0.5) is 10.5 Å². The lowest BCUT2D eigenvalue weighted by Crippen LogP contribution is -2.36. The SMILES string of the molecule is CCC[C@H](C)NC(=O)Nc1ccccc1OC. The first-order chi connectivity index (χ1) is 8.17. The summed E-state index contributed by atoms with van der Waals surface area (Å²) < 4.78 is 5.16. The van der Waals surface area contributed by atoms with Crippen LogP contribution in [0.25, 0.3) is 0 Å². The summed E-state index contributed by atoms with van der Waals surface area (Å²) in [6.07, 6.45) is 2.02. The van der Waals surface area contributed by atoms with Crippen molar-refractivity contribution in [2.75, 3.05) is 12.4 Å². The molecule has 0 aliphatic rings. The summed E-state index contributed by atoms with van der Waals surface area (Å²) in [6, 6.07) is 7.31. The number of methoxy groups -OCH3 is 1. The highest BCUT2D eigenvalue weighted by Gasteiger charge is 2.08. The molecule has 1 rings (SSSR count). The molecule has 0 aliphatic heterocycles. The molecule has 94 valence electrons. The van der Waals surface area contributed by atoms with Crippen LogP contribution >= 0.6 is 0 Å². The topological polar surface area (TPSA) is 50.4 Å². The number of carbonyl (C=O) groups is 1. The fourth-order valence-corrected chi connectivity index (χ4v) is 1.64. The van der Waals surface area contributed by atoms with Crippen LogP contribution in [0.15, 0.2) is 24.3 Å². The summed E-state index contributed by atoms with van der Waals surface area (Å²) in [4.78, 5) is 11.7. The molecule has 0 fully saturated rings. The zero-order chi connectivity index (χ0) is 12.7. The van der Waals surface area contributed by atoms with Gasteiger partial charge in [0.2, 0.25) is 0 Å². The van der Waals surface area contributed by atoms with E-state index in [-0.39, 0.29) is 12.1 Å². The predicted molar refractivity (Wildman–Crippen MR) is 69.5 cm³/mol. The molecule has 4 nitrogen and oxygen atoms in total. The Balaban J connectivity index is 2.55. The van der Waals surface area contributed by atoms with E-state index in [0.717, 1.165) is 12.8 Å². The van der Waals surface area contributed by atoms with Crippen molar-refractivity contribution in [1.82, 2.24) is 5.32 Å². The molecule has 0 radical (unpaired) electrons. The second kappa shape index (κ2) is 6.78. The summed E-state index contributed by atoms with van der Waals surface area (Å²) in [5.74, 6) is 0.658. The van der Waals surface area contributed by atoms with E-state index in [1.807, 2.05) is 31.2 Å². The minimum Gasteiger partial charge on any atom is -0.495 e. The molecule has 1 aromatic carbocycles. The highest BCUT2D eigenvalue weighted by Crippen LogP contribution is 2.22. The van der Waals surface area contributed by atoms with Crippen LogP contribution in [0, 0.1) is 0 Å². The van der Waals surface area contributed by atoms with Crippen LogP contribution in [0.1, 0.15) is 26.7 Å². The van der Waals surface area contributed by atoms with Crippen molar-refractivity contribution in [3.8, 4) is 5.75 Å². The van der Waals surface area contributed by atoms with E-state index >= 15 is 0 Å². The van der Waals surface area contributed by atoms with Gasteiger partial charge in [0.1, 0.15) is 5.75 Å². The number of anilines is 1. The van der Waals surface area contributed by atoms with Crippen molar-refractivity contribution < 1.29 is 9.53 Å². The molecule has 2 amide bonds. The van der Waals surface area contributed by atoms with E-state index < -0.39 is 0 Å².